The third-order valence-corrected chi connectivity index (χ3v) is 6.88. The molecule has 1 saturated heterocycles. The number of sulfone groups is 1. The highest BCUT2D eigenvalue weighted by molar-refractivity contribution is 7.90. The van der Waals surface area contributed by atoms with Crippen LogP contribution in [0.4, 0.5) is 4.79 Å². The highest BCUT2D eigenvalue weighted by atomic mass is 32.2. The lowest BCUT2D eigenvalue weighted by Crippen LogP contribution is -2.63. The predicted molar refractivity (Wildman–Crippen MR) is 124 cm³/mol. The molecule has 1 aliphatic rings. The standard InChI is InChI=1S/C23H27N3O7S/c1-34(31,32)18-4-2-3-17(14-18)16-7-5-15(6-8-16)13-19(20(24)27)25-21(28)23(26-22(29)30)9-11-33-12-10-23/h2-8,14,19,26H,9-13H2,1H3,(H2,24,27)(H,25,28)(H,29,30). The van der Waals surface area contributed by atoms with Crippen molar-refractivity contribution in [2.45, 2.75) is 35.7 Å². The molecule has 0 radical (unpaired) electrons. The Balaban J connectivity index is 1.75. The molecule has 0 saturated carbocycles. The molecule has 1 atom stereocenters. The van der Waals surface area contributed by atoms with Crippen LogP contribution in [0.2, 0.25) is 0 Å². The summed E-state index contributed by atoms with van der Waals surface area (Å²) in [4.78, 5) is 36.5. The molecule has 10 nitrogen and oxygen atoms in total. The SMILES string of the molecule is CS(=O)(=O)c1cccc(-c2ccc(CC(NC(=O)C3(NC(=O)O)CCOCC3)C(N)=O)cc2)c1. The molecule has 3 amide bonds. The molecule has 11 heteroatoms. The number of hydrogen-bond acceptors (Lipinski definition) is 6. The maximum absolute atomic E-state index is 13.0. The third kappa shape index (κ3) is 6.12. The minimum Gasteiger partial charge on any atom is -0.465 e. The Bertz CT molecular complexity index is 1170. The topological polar surface area (TPSA) is 165 Å². The van der Waals surface area contributed by atoms with Crippen molar-refractivity contribution in [1.82, 2.24) is 10.6 Å². The van der Waals surface area contributed by atoms with Crippen LogP contribution < -0.4 is 16.4 Å². The second-order valence-electron chi connectivity index (χ2n) is 8.25. The van der Waals surface area contributed by atoms with Crippen molar-refractivity contribution in [3.05, 3.63) is 54.1 Å². The van der Waals surface area contributed by atoms with Gasteiger partial charge in [-0.05, 0) is 28.8 Å². The molecule has 2 aromatic rings. The van der Waals surface area contributed by atoms with Gasteiger partial charge in [0.15, 0.2) is 9.84 Å². The normalized spacial score (nSPS) is 16.3. The van der Waals surface area contributed by atoms with E-state index in [2.05, 4.69) is 10.6 Å². The van der Waals surface area contributed by atoms with E-state index in [0.29, 0.717) is 5.56 Å². The maximum atomic E-state index is 13.0. The van der Waals surface area contributed by atoms with Crippen LogP contribution in [0, 0.1) is 0 Å². The number of benzene rings is 2. The molecule has 0 spiro atoms. The van der Waals surface area contributed by atoms with E-state index < -0.39 is 39.3 Å². The molecule has 0 aromatic heterocycles. The maximum Gasteiger partial charge on any atom is 0.405 e. The Morgan fingerprint density at radius 1 is 1.09 bits per heavy atom. The summed E-state index contributed by atoms with van der Waals surface area (Å²) in [6, 6.07) is 12.6. The summed E-state index contributed by atoms with van der Waals surface area (Å²) < 4.78 is 28.9. The van der Waals surface area contributed by atoms with E-state index in [1.54, 1.807) is 42.5 Å². The first-order valence-electron chi connectivity index (χ1n) is 10.6. The number of hydrogen-bond donors (Lipinski definition) is 4. The number of nitrogens with two attached hydrogens (primary N) is 1. The predicted octanol–water partition coefficient (Wildman–Crippen LogP) is 1.09. The molecule has 0 aliphatic carbocycles. The van der Waals surface area contributed by atoms with Crippen molar-refractivity contribution in [1.29, 1.82) is 0 Å². The average molecular weight is 490 g/mol. The van der Waals surface area contributed by atoms with Gasteiger partial charge in [0.2, 0.25) is 11.8 Å². The summed E-state index contributed by atoms with van der Waals surface area (Å²) in [7, 11) is -3.34. The number of primary amides is 1. The monoisotopic (exact) mass is 489 g/mol. The van der Waals surface area contributed by atoms with Gasteiger partial charge in [0.25, 0.3) is 0 Å². The minimum atomic E-state index is -3.34. The fraction of sp³-hybridized carbons (Fsp3) is 0.348. The van der Waals surface area contributed by atoms with Crippen LogP contribution in [0.15, 0.2) is 53.4 Å². The largest absolute Gasteiger partial charge is 0.465 e. The van der Waals surface area contributed by atoms with Crippen LogP contribution in [0.1, 0.15) is 18.4 Å². The van der Waals surface area contributed by atoms with Gasteiger partial charge >= 0.3 is 6.09 Å². The quantitative estimate of drug-likeness (QED) is 0.431. The Morgan fingerprint density at radius 3 is 2.29 bits per heavy atom. The number of rotatable bonds is 8. The van der Waals surface area contributed by atoms with Crippen LogP contribution in [0.25, 0.3) is 11.1 Å². The van der Waals surface area contributed by atoms with Gasteiger partial charge in [0.1, 0.15) is 11.6 Å². The lowest BCUT2D eigenvalue weighted by atomic mass is 9.88. The highest BCUT2D eigenvalue weighted by Crippen LogP contribution is 2.24. The molecule has 3 rings (SSSR count). The van der Waals surface area contributed by atoms with Crippen LogP contribution in [-0.4, -0.2) is 62.5 Å². The summed E-state index contributed by atoms with van der Waals surface area (Å²) in [5.74, 6) is -1.38. The van der Waals surface area contributed by atoms with Crippen LogP contribution in [0.5, 0.6) is 0 Å². The van der Waals surface area contributed by atoms with E-state index in [1.807, 2.05) is 0 Å². The molecule has 182 valence electrons. The van der Waals surface area contributed by atoms with E-state index in [0.717, 1.165) is 17.4 Å². The van der Waals surface area contributed by atoms with Crippen LogP contribution in [-0.2, 0) is 30.6 Å². The van der Waals surface area contributed by atoms with Gasteiger partial charge in [-0.3, -0.25) is 9.59 Å². The molecular formula is C23H27N3O7S. The van der Waals surface area contributed by atoms with Gasteiger partial charge in [0, 0.05) is 38.7 Å². The highest BCUT2D eigenvalue weighted by Gasteiger charge is 2.42. The third-order valence-electron chi connectivity index (χ3n) is 5.77. The van der Waals surface area contributed by atoms with E-state index in [4.69, 9.17) is 10.5 Å². The summed E-state index contributed by atoms with van der Waals surface area (Å²) in [6.45, 7) is 0.411. The molecule has 2 aromatic carbocycles. The molecule has 1 unspecified atom stereocenters. The number of carbonyl (C=O) groups excluding carboxylic acids is 2. The Labute approximate surface area is 197 Å². The Morgan fingerprint density at radius 2 is 1.74 bits per heavy atom. The van der Waals surface area contributed by atoms with Gasteiger partial charge in [-0.15, -0.1) is 0 Å². The summed E-state index contributed by atoms with van der Waals surface area (Å²) in [6.07, 6.45) is 0.174. The Kier molecular flexibility index (Phi) is 7.57. The van der Waals surface area contributed by atoms with Gasteiger partial charge in [-0.2, -0.15) is 0 Å². The lowest BCUT2D eigenvalue weighted by Gasteiger charge is -2.36. The van der Waals surface area contributed by atoms with Crippen molar-refractivity contribution in [3.63, 3.8) is 0 Å². The van der Waals surface area contributed by atoms with Crippen molar-refractivity contribution >= 4 is 27.7 Å². The summed E-state index contributed by atoms with van der Waals surface area (Å²) in [5.41, 5.74) is 6.32. The van der Waals surface area contributed by atoms with E-state index in [-0.39, 0.29) is 37.4 Å². The fourth-order valence-corrected chi connectivity index (χ4v) is 4.49. The van der Waals surface area contributed by atoms with Crippen molar-refractivity contribution in [2.24, 2.45) is 5.73 Å². The first kappa shape index (κ1) is 25.2. The molecule has 0 bridgehead atoms. The molecule has 1 heterocycles. The van der Waals surface area contributed by atoms with Crippen LogP contribution in [0.3, 0.4) is 0 Å². The number of carboxylic acid groups (broad SMARTS) is 1. The lowest BCUT2D eigenvalue weighted by molar-refractivity contribution is -0.134. The van der Waals surface area contributed by atoms with Crippen molar-refractivity contribution < 1.29 is 32.6 Å². The second kappa shape index (κ2) is 10.2. The summed E-state index contributed by atoms with van der Waals surface area (Å²) >= 11 is 0. The summed E-state index contributed by atoms with van der Waals surface area (Å²) in [5, 5.41) is 14.0. The van der Waals surface area contributed by atoms with E-state index in [9.17, 15) is 27.9 Å². The van der Waals surface area contributed by atoms with Crippen molar-refractivity contribution in [3.8, 4) is 11.1 Å². The molecule has 1 aliphatic heterocycles. The minimum absolute atomic E-state index is 0.102. The Hall–Kier alpha value is -3.44. The van der Waals surface area contributed by atoms with Crippen molar-refractivity contribution in [2.75, 3.05) is 19.5 Å². The van der Waals surface area contributed by atoms with Gasteiger partial charge in [0.05, 0.1) is 4.90 Å². The zero-order chi connectivity index (χ0) is 24.9. The average Bonchev–Trinajstić information content (AvgIpc) is 2.78. The number of carbonyl (C=O) groups is 3. The molecule has 34 heavy (non-hydrogen) atoms. The first-order valence-corrected chi connectivity index (χ1v) is 12.5. The second-order valence-corrected chi connectivity index (χ2v) is 10.3. The zero-order valence-electron chi connectivity index (χ0n) is 18.6. The smallest absolute Gasteiger partial charge is 0.405 e. The molecule has 5 N–H and O–H groups in total. The van der Waals surface area contributed by atoms with Gasteiger partial charge < -0.3 is 26.2 Å². The zero-order valence-corrected chi connectivity index (χ0v) is 19.4. The van der Waals surface area contributed by atoms with Crippen LogP contribution >= 0.6 is 0 Å². The van der Waals surface area contributed by atoms with Gasteiger partial charge in [-0.25, -0.2) is 13.2 Å². The molecule has 1 fully saturated rings. The molecular weight excluding hydrogens is 462 g/mol. The van der Waals surface area contributed by atoms with E-state index in [1.165, 1.54) is 6.07 Å². The first-order chi connectivity index (χ1) is 16.0. The number of ether oxygens (including phenoxy) is 1. The van der Waals surface area contributed by atoms with E-state index >= 15 is 0 Å². The van der Waals surface area contributed by atoms with Gasteiger partial charge in [-0.1, -0.05) is 36.4 Å². The number of nitrogens with one attached hydrogen (secondary N) is 2. The fourth-order valence-electron chi connectivity index (χ4n) is 3.83. The number of amides is 3.